The van der Waals surface area contributed by atoms with Gasteiger partial charge in [0, 0.05) is 18.0 Å². The first-order valence-electron chi connectivity index (χ1n) is 5.79. The molecule has 2 atom stereocenters. The van der Waals surface area contributed by atoms with Crippen molar-refractivity contribution in [3.05, 3.63) is 42.2 Å². The van der Waals surface area contributed by atoms with E-state index < -0.39 is 18.8 Å². The largest absolute Gasteiger partial charge is 0.387 e. The summed E-state index contributed by atoms with van der Waals surface area (Å²) in [5.41, 5.74) is 13.1. The minimum absolute atomic E-state index is 0.213. The summed E-state index contributed by atoms with van der Waals surface area (Å²) in [6.45, 7) is -0.769. The molecule has 2 aromatic rings. The first-order valence-corrected chi connectivity index (χ1v) is 5.79. The maximum atomic E-state index is 12.4. The number of nitrogens with two attached hydrogens (primary N) is 2. The van der Waals surface area contributed by atoms with Crippen molar-refractivity contribution in [3.8, 4) is 11.1 Å². The van der Waals surface area contributed by atoms with Crippen LogP contribution in [0.15, 0.2) is 36.7 Å². The Bertz CT molecular complexity index is 529. The number of alkyl halides is 1. The van der Waals surface area contributed by atoms with Crippen LogP contribution >= 0.6 is 0 Å². The van der Waals surface area contributed by atoms with Crippen molar-refractivity contribution in [3.63, 3.8) is 0 Å². The SMILES string of the molecule is Nc1ncc(-c2ccc(C(O)C(N)CF)cc2)cn1. The smallest absolute Gasteiger partial charge is 0.219 e. The fraction of sp³-hybridized carbons (Fsp3) is 0.231. The van der Waals surface area contributed by atoms with Crippen molar-refractivity contribution >= 4 is 5.95 Å². The van der Waals surface area contributed by atoms with Crippen LogP contribution in [0.3, 0.4) is 0 Å². The summed E-state index contributed by atoms with van der Waals surface area (Å²) in [4.78, 5) is 7.80. The van der Waals surface area contributed by atoms with Crippen LogP contribution in [0.4, 0.5) is 10.3 Å². The Hall–Kier alpha value is -2.05. The second kappa shape index (κ2) is 5.73. The number of halogens is 1. The van der Waals surface area contributed by atoms with E-state index in [0.29, 0.717) is 5.56 Å². The first kappa shape index (κ1) is 13.4. The zero-order valence-corrected chi connectivity index (χ0v) is 10.2. The fourth-order valence-electron chi connectivity index (χ4n) is 1.69. The van der Waals surface area contributed by atoms with Crippen LogP contribution in [0.25, 0.3) is 11.1 Å². The molecule has 6 heteroatoms. The van der Waals surface area contributed by atoms with Gasteiger partial charge in [0.15, 0.2) is 0 Å². The Labute approximate surface area is 110 Å². The van der Waals surface area contributed by atoms with E-state index >= 15 is 0 Å². The second-order valence-electron chi connectivity index (χ2n) is 4.21. The molecule has 0 saturated heterocycles. The van der Waals surface area contributed by atoms with Gasteiger partial charge in [-0.15, -0.1) is 0 Å². The summed E-state index contributed by atoms with van der Waals surface area (Å²) in [5.74, 6) is 0.213. The van der Waals surface area contributed by atoms with Crippen molar-refractivity contribution in [1.82, 2.24) is 9.97 Å². The molecule has 2 rings (SSSR count). The van der Waals surface area contributed by atoms with Gasteiger partial charge < -0.3 is 16.6 Å². The zero-order chi connectivity index (χ0) is 13.8. The standard InChI is InChI=1S/C13H15FN4O/c14-5-11(15)12(19)9-3-1-8(2-4-9)10-6-17-13(16)18-7-10/h1-4,6-7,11-12,19H,5,15H2,(H2,16,17,18). The molecule has 19 heavy (non-hydrogen) atoms. The van der Waals surface area contributed by atoms with Gasteiger partial charge in [-0.1, -0.05) is 24.3 Å². The molecule has 5 nitrogen and oxygen atoms in total. The minimum Gasteiger partial charge on any atom is -0.387 e. The molecule has 1 aromatic carbocycles. The number of aliphatic hydroxyl groups is 1. The number of hydrogen-bond acceptors (Lipinski definition) is 5. The molecule has 5 N–H and O–H groups in total. The summed E-state index contributed by atoms with van der Waals surface area (Å²) in [6, 6.07) is 6.07. The molecule has 1 heterocycles. The third-order valence-corrected chi connectivity index (χ3v) is 2.84. The van der Waals surface area contributed by atoms with Crippen molar-refractivity contribution in [1.29, 1.82) is 0 Å². The summed E-state index contributed by atoms with van der Waals surface area (Å²) in [5, 5.41) is 9.78. The van der Waals surface area contributed by atoms with Crippen molar-refractivity contribution in [2.45, 2.75) is 12.1 Å². The molecule has 0 aliphatic rings. The summed E-state index contributed by atoms with van der Waals surface area (Å²) >= 11 is 0. The van der Waals surface area contributed by atoms with E-state index in [1.54, 1.807) is 36.7 Å². The molecule has 0 radical (unpaired) electrons. The summed E-state index contributed by atoms with van der Waals surface area (Å²) < 4.78 is 12.4. The van der Waals surface area contributed by atoms with E-state index in [0.717, 1.165) is 11.1 Å². The molecule has 0 fully saturated rings. The Balaban J connectivity index is 2.21. The van der Waals surface area contributed by atoms with Crippen LogP contribution in [0.5, 0.6) is 0 Å². The van der Waals surface area contributed by atoms with Gasteiger partial charge in [0.2, 0.25) is 5.95 Å². The number of hydrogen-bond donors (Lipinski definition) is 3. The third kappa shape index (κ3) is 3.04. The number of benzene rings is 1. The van der Waals surface area contributed by atoms with Crippen LogP contribution in [0.1, 0.15) is 11.7 Å². The highest BCUT2D eigenvalue weighted by Gasteiger charge is 2.16. The molecule has 0 aliphatic carbocycles. The van der Waals surface area contributed by atoms with Gasteiger partial charge in [-0.05, 0) is 11.1 Å². The van der Waals surface area contributed by atoms with Crippen molar-refractivity contribution in [2.75, 3.05) is 12.4 Å². The van der Waals surface area contributed by atoms with E-state index in [9.17, 15) is 9.50 Å². The monoisotopic (exact) mass is 262 g/mol. The fourth-order valence-corrected chi connectivity index (χ4v) is 1.69. The highest BCUT2D eigenvalue weighted by atomic mass is 19.1. The lowest BCUT2D eigenvalue weighted by atomic mass is 10.0. The van der Waals surface area contributed by atoms with E-state index in [2.05, 4.69) is 9.97 Å². The molecular weight excluding hydrogens is 247 g/mol. The highest BCUT2D eigenvalue weighted by Crippen LogP contribution is 2.22. The minimum atomic E-state index is -1.01. The van der Waals surface area contributed by atoms with Crippen molar-refractivity contribution < 1.29 is 9.50 Å². The summed E-state index contributed by atoms with van der Waals surface area (Å²) in [6.07, 6.45) is 2.21. The third-order valence-electron chi connectivity index (χ3n) is 2.84. The van der Waals surface area contributed by atoms with Crippen LogP contribution in [-0.4, -0.2) is 27.8 Å². The second-order valence-corrected chi connectivity index (χ2v) is 4.21. The molecule has 0 saturated carbocycles. The topological polar surface area (TPSA) is 98.0 Å². The number of aliphatic hydroxyl groups excluding tert-OH is 1. The number of nitrogens with zero attached hydrogens (tertiary/aromatic N) is 2. The zero-order valence-electron chi connectivity index (χ0n) is 10.2. The molecule has 1 aromatic heterocycles. The van der Waals surface area contributed by atoms with E-state index in [-0.39, 0.29) is 5.95 Å². The average Bonchev–Trinajstić information content (AvgIpc) is 2.46. The van der Waals surface area contributed by atoms with E-state index in [1.807, 2.05) is 0 Å². The Morgan fingerprint density at radius 2 is 1.68 bits per heavy atom. The van der Waals surface area contributed by atoms with Gasteiger partial charge >= 0.3 is 0 Å². The predicted octanol–water partition coefficient (Wildman–Crippen LogP) is 1.06. The van der Waals surface area contributed by atoms with Gasteiger partial charge in [0.05, 0.1) is 12.1 Å². The van der Waals surface area contributed by atoms with E-state index in [1.165, 1.54) is 0 Å². The van der Waals surface area contributed by atoms with Crippen LogP contribution in [0, 0.1) is 0 Å². The maximum absolute atomic E-state index is 12.4. The first-order chi connectivity index (χ1) is 9.11. The number of rotatable bonds is 4. The Morgan fingerprint density at radius 1 is 1.11 bits per heavy atom. The average molecular weight is 262 g/mol. The molecule has 0 amide bonds. The Kier molecular flexibility index (Phi) is 4.03. The lowest BCUT2D eigenvalue weighted by Gasteiger charge is -2.16. The quantitative estimate of drug-likeness (QED) is 0.765. The molecule has 0 bridgehead atoms. The van der Waals surface area contributed by atoms with E-state index in [4.69, 9.17) is 11.5 Å². The van der Waals surface area contributed by atoms with Gasteiger partial charge in [-0.25, -0.2) is 14.4 Å². The predicted molar refractivity (Wildman–Crippen MR) is 70.8 cm³/mol. The maximum Gasteiger partial charge on any atom is 0.219 e. The molecule has 0 aliphatic heterocycles. The van der Waals surface area contributed by atoms with Crippen LogP contribution in [-0.2, 0) is 0 Å². The lowest BCUT2D eigenvalue weighted by Crippen LogP contribution is -2.30. The summed E-state index contributed by atoms with van der Waals surface area (Å²) in [7, 11) is 0. The molecule has 0 spiro atoms. The van der Waals surface area contributed by atoms with Gasteiger partial charge in [-0.2, -0.15) is 0 Å². The molecule has 2 unspecified atom stereocenters. The Morgan fingerprint density at radius 3 is 2.21 bits per heavy atom. The normalized spacial score (nSPS) is 14.1. The highest BCUT2D eigenvalue weighted by molar-refractivity contribution is 5.62. The number of nitrogen functional groups attached to an aromatic ring is 1. The van der Waals surface area contributed by atoms with Gasteiger partial charge in [0.25, 0.3) is 0 Å². The number of aromatic nitrogens is 2. The van der Waals surface area contributed by atoms with Gasteiger partial charge in [0.1, 0.15) is 6.67 Å². The van der Waals surface area contributed by atoms with Gasteiger partial charge in [-0.3, -0.25) is 0 Å². The van der Waals surface area contributed by atoms with Crippen molar-refractivity contribution in [2.24, 2.45) is 5.73 Å². The molecular formula is C13H15FN4O. The molecule has 100 valence electrons. The lowest BCUT2D eigenvalue weighted by molar-refractivity contribution is 0.132. The van der Waals surface area contributed by atoms with Crippen LogP contribution < -0.4 is 11.5 Å². The number of anilines is 1. The van der Waals surface area contributed by atoms with Crippen LogP contribution in [0.2, 0.25) is 0 Å².